The fraction of sp³-hybridized carbons (Fsp3) is 0.0909. The Morgan fingerprint density at radius 3 is 2.38 bits per heavy atom. The second-order valence-electron chi connectivity index (χ2n) is 3.84. The standard InChI is InChI=1S/C11H4BrF5N2O2/c12-6-1-4(13)2-7(14)8(6)19-9(11(15,16)17)5(3-18-19)10(20)21/h1-3H,(H,20,21). The van der Waals surface area contributed by atoms with Crippen LogP contribution in [0.25, 0.3) is 5.69 Å². The zero-order valence-electron chi connectivity index (χ0n) is 9.75. The third-order valence-corrected chi connectivity index (χ3v) is 3.07. The van der Waals surface area contributed by atoms with Crippen LogP contribution in [0, 0.1) is 11.6 Å². The van der Waals surface area contributed by atoms with Crippen molar-refractivity contribution in [3.05, 3.63) is 45.7 Å². The second kappa shape index (κ2) is 5.10. The van der Waals surface area contributed by atoms with Gasteiger partial charge < -0.3 is 5.11 Å². The van der Waals surface area contributed by atoms with Gasteiger partial charge in [-0.05, 0) is 22.0 Å². The van der Waals surface area contributed by atoms with Gasteiger partial charge in [0.15, 0.2) is 11.5 Å². The second-order valence-corrected chi connectivity index (χ2v) is 4.69. The van der Waals surface area contributed by atoms with Crippen LogP contribution < -0.4 is 0 Å². The summed E-state index contributed by atoms with van der Waals surface area (Å²) in [6, 6.07) is 1.10. The highest BCUT2D eigenvalue weighted by molar-refractivity contribution is 9.10. The first-order valence-electron chi connectivity index (χ1n) is 5.16. The molecule has 0 aliphatic carbocycles. The smallest absolute Gasteiger partial charge is 0.434 e. The molecule has 0 aliphatic heterocycles. The molecule has 0 fully saturated rings. The average molecular weight is 371 g/mol. The largest absolute Gasteiger partial charge is 0.478 e. The van der Waals surface area contributed by atoms with Crippen molar-refractivity contribution in [3.63, 3.8) is 0 Å². The molecule has 0 saturated carbocycles. The number of hydrogen-bond donors (Lipinski definition) is 1. The molecule has 0 spiro atoms. The van der Waals surface area contributed by atoms with Crippen molar-refractivity contribution in [2.24, 2.45) is 0 Å². The predicted octanol–water partition coefficient (Wildman–Crippen LogP) is 3.63. The zero-order valence-corrected chi connectivity index (χ0v) is 11.3. The van der Waals surface area contributed by atoms with Crippen molar-refractivity contribution in [2.75, 3.05) is 0 Å². The van der Waals surface area contributed by atoms with Gasteiger partial charge in [0, 0.05) is 10.5 Å². The average Bonchev–Trinajstić information content (AvgIpc) is 2.71. The number of rotatable bonds is 2. The van der Waals surface area contributed by atoms with Crippen molar-refractivity contribution >= 4 is 21.9 Å². The maximum atomic E-state index is 13.7. The highest BCUT2D eigenvalue weighted by Gasteiger charge is 2.41. The van der Waals surface area contributed by atoms with Crippen LogP contribution in [0.3, 0.4) is 0 Å². The monoisotopic (exact) mass is 370 g/mol. The van der Waals surface area contributed by atoms with Gasteiger partial charge in [-0.1, -0.05) is 0 Å². The van der Waals surface area contributed by atoms with Crippen molar-refractivity contribution in [1.29, 1.82) is 0 Å². The molecule has 1 heterocycles. The first-order chi connectivity index (χ1) is 9.62. The van der Waals surface area contributed by atoms with Crippen LogP contribution >= 0.6 is 15.9 Å². The Kier molecular flexibility index (Phi) is 3.74. The lowest BCUT2D eigenvalue weighted by molar-refractivity contribution is -0.143. The maximum Gasteiger partial charge on any atom is 0.434 e. The fourth-order valence-electron chi connectivity index (χ4n) is 1.68. The number of carboxylic acids is 1. The molecule has 1 N–H and O–H groups in total. The van der Waals surface area contributed by atoms with Gasteiger partial charge in [-0.15, -0.1) is 0 Å². The number of aromatic carboxylic acids is 1. The van der Waals surface area contributed by atoms with Gasteiger partial charge in [-0.25, -0.2) is 18.3 Å². The topological polar surface area (TPSA) is 55.1 Å². The van der Waals surface area contributed by atoms with Crippen LogP contribution in [0.5, 0.6) is 0 Å². The summed E-state index contributed by atoms with van der Waals surface area (Å²) in [5, 5.41) is 12.0. The minimum atomic E-state index is -5.09. The molecule has 0 bridgehead atoms. The third kappa shape index (κ3) is 2.75. The summed E-state index contributed by atoms with van der Waals surface area (Å²) >= 11 is 2.73. The van der Waals surface area contributed by atoms with E-state index in [9.17, 15) is 26.7 Å². The summed E-state index contributed by atoms with van der Waals surface area (Å²) in [6.45, 7) is 0. The molecule has 21 heavy (non-hydrogen) atoms. The number of aromatic nitrogens is 2. The summed E-state index contributed by atoms with van der Waals surface area (Å²) < 4.78 is 65.4. The quantitative estimate of drug-likeness (QED) is 0.821. The van der Waals surface area contributed by atoms with Crippen LogP contribution in [-0.4, -0.2) is 20.9 Å². The van der Waals surface area contributed by atoms with E-state index in [4.69, 9.17) is 5.11 Å². The summed E-state index contributed by atoms with van der Waals surface area (Å²) in [6.07, 6.45) is -4.65. The number of carbonyl (C=O) groups is 1. The Morgan fingerprint density at radius 2 is 1.90 bits per heavy atom. The number of halogens is 6. The SMILES string of the molecule is O=C(O)c1cnn(-c2c(F)cc(F)cc2Br)c1C(F)(F)F. The zero-order chi connectivity index (χ0) is 15.9. The first-order valence-corrected chi connectivity index (χ1v) is 5.95. The van der Waals surface area contributed by atoms with Crippen molar-refractivity contribution in [1.82, 2.24) is 9.78 Å². The van der Waals surface area contributed by atoms with Crippen LogP contribution in [-0.2, 0) is 6.18 Å². The molecule has 112 valence electrons. The first kappa shape index (κ1) is 15.4. The molecular formula is C11H4BrF5N2O2. The predicted molar refractivity (Wildman–Crippen MR) is 63.1 cm³/mol. The Hall–Kier alpha value is -1.97. The van der Waals surface area contributed by atoms with Gasteiger partial charge in [-0.3, -0.25) is 0 Å². The van der Waals surface area contributed by atoms with Gasteiger partial charge >= 0.3 is 12.1 Å². The molecule has 1 aromatic carbocycles. The molecule has 1 aromatic heterocycles. The summed E-state index contributed by atoms with van der Waals surface area (Å²) in [4.78, 5) is 10.8. The van der Waals surface area contributed by atoms with E-state index in [1.807, 2.05) is 0 Å². The number of hydrogen-bond acceptors (Lipinski definition) is 2. The maximum absolute atomic E-state index is 13.7. The molecule has 2 aromatic rings. The van der Waals surface area contributed by atoms with Crippen LogP contribution in [0.4, 0.5) is 22.0 Å². The van der Waals surface area contributed by atoms with E-state index in [2.05, 4.69) is 21.0 Å². The van der Waals surface area contributed by atoms with Crippen LogP contribution in [0.2, 0.25) is 0 Å². The lowest BCUT2D eigenvalue weighted by Crippen LogP contribution is -2.18. The van der Waals surface area contributed by atoms with Crippen molar-refractivity contribution < 1.29 is 31.9 Å². The van der Waals surface area contributed by atoms with E-state index in [1.165, 1.54) is 0 Å². The van der Waals surface area contributed by atoms with E-state index in [0.29, 0.717) is 12.3 Å². The number of carboxylic acid groups (broad SMARTS) is 1. The third-order valence-electron chi connectivity index (χ3n) is 2.46. The van der Waals surface area contributed by atoms with Gasteiger partial charge in [0.1, 0.15) is 17.1 Å². The summed E-state index contributed by atoms with van der Waals surface area (Å²) in [5.41, 5.74) is -3.55. The molecule has 0 saturated heterocycles. The van der Waals surface area contributed by atoms with E-state index in [1.54, 1.807) is 0 Å². The molecule has 2 rings (SSSR count). The van der Waals surface area contributed by atoms with E-state index in [-0.39, 0.29) is 9.15 Å². The summed E-state index contributed by atoms with van der Waals surface area (Å²) in [5.74, 6) is -4.21. The Balaban J connectivity index is 2.80. The van der Waals surface area contributed by atoms with Gasteiger partial charge in [0.05, 0.1) is 6.20 Å². The minimum absolute atomic E-state index is 0.0717. The lowest BCUT2D eigenvalue weighted by Gasteiger charge is -2.13. The highest BCUT2D eigenvalue weighted by atomic mass is 79.9. The van der Waals surface area contributed by atoms with Crippen molar-refractivity contribution in [2.45, 2.75) is 6.18 Å². The van der Waals surface area contributed by atoms with Crippen molar-refractivity contribution in [3.8, 4) is 5.69 Å². The molecular weight excluding hydrogens is 367 g/mol. The highest BCUT2D eigenvalue weighted by Crippen LogP contribution is 2.36. The Morgan fingerprint density at radius 1 is 1.29 bits per heavy atom. The fourth-order valence-corrected chi connectivity index (χ4v) is 2.26. The number of benzene rings is 1. The molecule has 0 atom stereocenters. The molecule has 10 heteroatoms. The molecule has 0 unspecified atom stereocenters. The van der Waals surface area contributed by atoms with Crippen LogP contribution in [0.1, 0.15) is 16.1 Å². The molecule has 0 amide bonds. The molecule has 0 radical (unpaired) electrons. The minimum Gasteiger partial charge on any atom is -0.478 e. The van der Waals surface area contributed by atoms with Gasteiger partial charge in [0.2, 0.25) is 0 Å². The number of nitrogens with zero attached hydrogens (tertiary/aromatic N) is 2. The Labute approximate surface area is 121 Å². The van der Waals surface area contributed by atoms with Gasteiger partial charge in [0.25, 0.3) is 0 Å². The van der Waals surface area contributed by atoms with E-state index in [0.717, 1.165) is 6.07 Å². The van der Waals surface area contributed by atoms with Crippen LogP contribution in [0.15, 0.2) is 22.8 Å². The Bertz CT molecular complexity index is 703. The molecule has 4 nitrogen and oxygen atoms in total. The molecule has 0 aliphatic rings. The lowest BCUT2D eigenvalue weighted by atomic mass is 10.2. The number of alkyl halides is 3. The summed E-state index contributed by atoms with van der Waals surface area (Å²) in [7, 11) is 0. The van der Waals surface area contributed by atoms with E-state index < -0.39 is 40.7 Å². The van der Waals surface area contributed by atoms with E-state index >= 15 is 0 Å². The normalized spacial score (nSPS) is 11.7. The van der Waals surface area contributed by atoms with Gasteiger partial charge in [-0.2, -0.15) is 18.3 Å².